The Morgan fingerprint density at radius 2 is 1.86 bits per heavy atom. The predicted octanol–water partition coefficient (Wildman–Crippen LogP) is 3.70. The molecular weight excluding hydrogens is 370 g/mol. The molecule has 8 heteroatoms. The molecule has 0 saturated heterocycles. The monoisotopic (exact) mass is 389 g/mol. The number of hydrogen-bond acceptors (Lipinski definition) is 5. The zero-order valence-corrected chi connectivity index (χ0v) is 16.0. The number of nitrogens with zero attached hydrogens (tertiary/aromatic N) is 3. The summed E-state index contributed by atoms with van der Waals surface area (Å²) in [6.45, 7) is 3.79. The molecule has 2 amide bonds. The van der Waals surface area contributed by atoms with Crippen molar-refractivity contribution in [2.75, 3.05) is 10.6 Å². The van der Waals surface area contributed by atoms with Crippen molar-refractivity contribution in [1.29, 1.82) is 0 Å². The summed E-state index contributed by atoms with van der Waals surface area (Å²) in [6, 6.07) is 14.5. The molecule has 3 heterocycles. The number of hydrogen-bond donors (Lipinski definition) is 2. The van der Waals surface area contributed by atoms with E-state index in [1.54, 1.807) is 41.8 Å². The molecule has 2 N–H and O–H groups in total. The minimum Gasteiger partial charge on any atom is -0.360 e. The number of anilines is 2. The van der Waals surface area contributed by atoms with Crippen LogP contribution >= 0.6 is 0 Å². The average molecular weight is 389 g/mol. The minimum atomic E-state index is -0.495. The summed E-state index contributed by atoms with van der Waals surface area (Å²) in [5.41, 5.74) is 2.52. The second-order valence-corrected chi connectivity index (χ2v) is 6.52. The Kier molecular flexibility index (Phi) is 4.82. The number of carbonyl (C=O) groups excluding carboxylic acids is 2. The van der Waals surface area contributed by atoms with Gasteiger partial charge >= 0.3 is 0 Å². The van der Waals surface area contributed by atoms with E-state index in [4.69, 9.17) is 4.52 Å². The van der Waals surface area contributed by atoms with Crippen LogP contribution in [0.2, 0.25) is 0 Å². The first-order valence-electron chi connectivity index (χ1n) is 9.17. The van der Waals surface area contributed by atoms with Crippen LogP contribution in [0.3, 0.4) is 0 Å². The van der Waals surface area contributed by atoms with E-state index in [1.807, 2.05) is 24.3 Å². The largest absolute Gasteiger partial charge is 0.360 e. The van der Waals surface area contributed by atoms with Crippen molar-refractivity contribution < 1.29 is 14.1 Å². The Morgan fingerprint density at radius 1 is 1.07 bits per heavy atom. The van der Waals surface area contributed by atoms with Gasteiger partial charge in [-0.3, -0.25) is 14.0 Å². The highest BCUT2D eigenvalue weighted by atomic mass is 16.5. The van der Waals surface area contributed by atoms with Gasteiger partial charge in [-0.15, -0.1) is 0 Å². The second kappa shape index (κ2) is 7.59. The summed E-state index contributed by atoms with van der Waals surface area (Å²) in [4.78, 5) is 29.8. The molecule has 3 aromatic heterocycles. The molecule has 0 fully saturated rings. The van der Waals surface area contributed by atoms with Gasteiger partial charge in [0.15, 0.2) is 11.5 Å². The van der Waals surface area contributed by atoms with Crippen LogP contribution in [0.25, 0.3) is 5.52 Å². The Morgan fingerprint density at radius 3 is 2.55 bits per heavy atom. The molecule has 8 nitrogen and oxygen atoms in total. The quantitative estimate of drug-likeness (QED) is 0.542. The molecule has 0 bridgehead atoms. The molecule has 0 aliphatic heterocycles. The average Bonchev–Trinajstić information content (AvgIpc) is 3.32. The van der Waals surface area contributed by atoms with E-state index in [1.165, 1.54) is 5.56 Å². The molecule has 4 rings (SSSR count). The van der Waals surface area contributed by atoms with Gasteiger partial charge in [-0.25, -0.2) is 4.98 Å². The molecule has 0 saturated carbocycles. The highest BCUT2D eigenvalue weighted by Crippen LogP contribution is 2.18. The Labute approximate surface area is 166 Å². The first kappa shape index (κ1) is 18.4. The SMILES string of the molecule is CCc1ccc(NC(=O)c2nc(C(=O)Nc3cc(C)on3)n3ccccc23)cc1. The third-order valence-electron chi connectivity index (χ3n) is 4.46. The molecular formula is C21H19N5O3. The number of fused-ring (bicyclic) bond motifs is 1. The molecule has 4 aromatic rings. The van der Waals surface area contributed by atoms with E-state index in [9.17, 15) is 9.59 Å². The van der Waals surface area contributed by atoms with Crippen LogP contribution in [0.4, 0.5) is 11.5 Å². The lowest BCUT2D eigenvalue weighted by Crippen LogP contribution is -2.16. The molecule has 0 unspecified atom stereocenters. The second-order valence-electron chi connectivity index (χ2n) is 6.52. The maximum atomic E-state index is 12.8. The van der Waals surface area contributed by atoms with Crippen molar-refractivity contribution in [3.63, 3.8) is 0 Å². The van der Waals surface area contributed by atoms with Crippen LogP contribution in [0, 0.1) is 6.92 Å². The summed E-state index contributed by atoms with van der Waals surface area (Å²) in [5.74, 6) is 0.0393. The van der Waals surface area contributed by atoms with Crippen LogP contribution in [-0.2, 0) is 6.42 Å². The van der Waals surface area contributed by atoms with Crippen LogP contribution in [0.15, 0.2) is 59.3 Å². The van der Waals surface area contributed by atoms with E-state index >= 15 is 0 Å². The van der Waals surface area contributed by atoms with E-state index in [0.717, 1.165) is 6.42 Å². The maximum Gasteiger partial charge on any atom is 0.293 e. The van der Waals surface area contributed by atoms with Crippen molar-refractivity contribution in [3.8, 4) is 0 Å². The van der Waals surface area contributed by atoms with Crippen LogP contribution in [0.1, 0.15) is 39.4 Å². The first-order valence-corrected chi connectivity index (χ1v) is 9.17. The Balaban J connectivity index is 1.64. The zero-order valence-electron chi connectivity index (χ0n) is 16.0. The fourth-order valence-electron chi connectivity index (χ4n) is 2.98. The van der Waals surface area contributed by atoms with E-state index in [2.05, 4.69) is 27.7 Å². The van der Waals surface area contributed by atoms with E-state index < -0.39 is 11.8 Å². The fraction of sp³-hybridized carbons (Fsp3) is 0.143. The smallest absolute Gasteiger partial charge is 0.293 e. The van der Waals surface area contributed by atoms with Gasteiger partial charge in [0.05, 0.1) is 5.52 Å². The Hall–Kier alpha value is -3.94. The van der Waals surface area contributed by atoms with Gasteiger partial charge in [-0.2, -0.15) is 0 Å². The van der Waals surface area contributed by atoms with Gasteiger partial charge in [-0.05, 0) is 43.2 Å². The molecule has 0 aliphatic rings. The van der Waals surface area contributed by atoms with E-state index in [0.29, 0.717) is 17.0 Å². The van der Waals surface area contributed by atoms with Gasteiger partial charge in [0.1, 0.15) is 5.76 Å². The Bertz CT molecular complexity index is 1190. The molecule has 146 valence electrons. The number of carbonyl (C=O) groups is 2. The number of rotatable bonds is 5. The normalized spacial score (nSPS) is 10.8. The standard InChI is InChI=1S/C21H19N5O3/c1-3-14-7-9-15(10-8-14)22-20(27)18-16-6-4-5-11-26(16)19(24-18)21(28)23-17-12-13(2)29-25-17/h4-12H,3H2,1-2H3,(H,22,27)(H,23,25,28). The van der Waals surface area contributed by atoms with Gasteiger partial charge < -0.3 is 15.2 Å². The first-order chi connectivity index (χ1) is 14.0. The third-order valence-corrected chi connectivity index (χ3v) is 4.46. The van der Waals surface area contributed by atoms with Gasteiger partial charge in [0.25, 0.3) is 11.8 Å². The summed E-state index contributed by atoms with van der Waals surface area (Å²) in [7, 11) is 0. The van der Waals surface area contributed by atoms with Crippen molar-refractivity contribution in [2.24, 2.45) is 0 Å². The number of amides is 2. The predicted molar refractivity (Wildman–Crippen MR) is 108 cm³/mol. The highest BCUT2D eigenvalue weighted by Gasteiger charge is 2.22. The van der Waals surface area contributed by atoms with Crippen LogP contribution in [-0.4, -0.2) is 26.4 Å². The summed E-state index contributed by atoms with van der Waals surface area (Å²) in [5, 5.41) is 9.21. The van der Waals surface area contributed by atoms with Crippen molar-refractivity contribution in [1.82, 2.24) is 14.5 Å². The van der Waals surface area contributed by atoms with Crippen molar-refractivity contribution in [3.05, 3.63) is 77.6 Å². The van der Waals surface area contributed by atoms with Crippen molar-refractivity contribution in [2.45, 2.75) is 20.3 Å². The molecule has 0 spiro atoms. The third kappa shape index (κ3) is 3.73. The number of aryl methyl sites for hydroxylation is 2. The molecule has 29 heavy (non-hydrogen) atoms. The zero-order chi connectivity index (χ0) is 20.4. The summed E-state index contributed by atoms with van der Waals surface area (Å²) >= 11 is 0. The van der Waals surface area contributed by atoms with Crippen LogP contribution in [0.5, 0.6) is 0 Å². The lowest BCUT2D eigenvalue weighted by atomic mass is 10.1. The van der Waals surface area contributed by atoms with Gasteiger partial charge in [0.2, 0.25) is 5.82 Å². The number of pyridine rings is 1. The lowest BCUT2D eigenvalue weighted by Gasteiger charge is -2.04. The number of imidazole rings is 1. The highest BCUT2D eigenvalue weighted by molar-refractivity contribution is 6.10. The lowest BCUT2D eigenvalue weighted by molar-refractivity contribution is 0.101. The molecule has 0 aliphatic carbocycles. The molecule has 0 atom stereocenters. The van der Waals surface area contributed by atoms with E-state index in [-0.39, 0.29) is 17.3 Å². The topological polar surface area (TPSA) is 102 Å². The summed E-state index contributed by atoms with van der Waals surface area (Å²) < 4.78 is 6.53. The minimum absolute atomic E-state index is 0.0766. The number of benzene rings is 1. The fourth-order valence-corrected chi connectivity index (χ4v) is 2.98. The van der Waals surface area contributed by atoms with Gasteiger partial charge in [0, 0.05) is 18.0 Å². The summed E-state index contributed by atoms with van der Waals surface area (Å²) in [6.07, 6.45) is 2.60. The molecule has 0 radical (unpaired) electrons. The molecule has 1 aromatic carbocycles. The van der Waals surface area contributed by atoms with Gasteiger partial charge in [-0.1, -0.05) is 30.3 Å². The van der Waals surface area contributed by atoms with Crippen molar-refractivity contribution >= 4 is 28.8 Å². The maximum absolute atomic E-state index is 12.8. The number of aromatic nitrogens is 3. The van der Waals surface area contributed by atoms with Crippen LogP contribution < -0.4 is 10.6 Å². The number of nitrogens with one attached hydrogen (secondary N) is 2.